The maximum atomic E-state index is 10.2. The molecule has 5 heteroatoms. The number of rotatable bonds is 2. The van der Waals surface area contributed by atoms with E-state index in [0.29, 0.717) is 0 Å². The molecule has 3 nitrogen and oxygen atoms in total. The van der Waals surface area contributed by atoms with E-state index in [1.54, 1.807) is 13.8 Å². The molecule has 0 aliphatic rings. The van der Waals surface area contributed by atoms with Crippen molar-refractivity contribution in [3.05, 3.63) is 0 Å². The van der Waals surface area contributed by atoms with Crippen LogP contribution in [-0.2, 0) is 10.1 Å². The molecule has 0 saturated carbocycles. The molecule has 56 valence electrons. The molecule has 0 atom stereocenters. The van der Waals surface area contributed by atoms with Crippen LogP contribution in [0, 0.1) is 0 Å². The Morgan fingerprint density at radius 2 is 1.89 bits per heavy atom. The molecular weight excluding hydrogens is 160 g/mol. The highest BCUT2D eigenvalue weighted by Crippen LogP contribution is 2.13. The Morgan fingerprint density at radius 3 is 1.89 bits per heavy atom. The van der Waals surface area contributed by atoms with Gasteiger partial charge in [0.2, 0.25) is 0 Å². The molecular formula is C4H10O3S2. The summed E-state index contributed by atoms with van der Waals surface area (Å²) in [5.74, 6) is -0.316. The summed E-state index contributed by atoms with van der Waals surface area (Å²) in [6, 6.07) is 0. The van der Waals surface area contributed by atoms with Crippen LogP contribution in [-0.4, -0.2) is 23.5 Å². The lowest BCUT2D eigenvalue weighted by Crippen LogP contribution is -2.23. The number of thiol groups is 1. The Bertz CT molecular complexity index is 174. The fourth-order valence-corrected chi connectivity index (χ4v) is 1.83. The van der Waals surface area contributed by atoms with Gasteiger partial charge in [-0.25, -0.2) is 0 Å². The van der Waals surface area contributed by atoms with Gasteiger partial charge in [0.15, 0.2) is 0 Å². The average molecular weight is 170 g/mol. The summed E-state index contributed by atoms with van der Waals surface area (Å²) in [7, 11) is -3.86. The molecule has 0 fully saturated rings. The van der Waals surface area contributed by atoms with Crippen molar-refractivity contribution in [3.63, 3.8) is 0 Å². The van der Waals surface area contributed by atoms with Crippen LogP contribution in [0.4, 0.5) is 0 Å². The van der Waals surface area contributed by atoms with Gasteiger partial charge in [0, 0.05) is 4.75 Å². The summed E-state index contributed by atoms with van der Waals surface area (Å²) in [4.78, 5) is 0. The van der Waals surface area contributed by atoms with E-state index in [-0.39, 0.29) is 5.75 Å². The van der Waals surface area contributed by atoms with Crippen LogP contribution in [0.25, 0.3) is 0 Å². The van der Waals surface area contributed by atoms with Gasteiger partial charge >= 0.3 is 0 Å². The smallest absolute Gasteiger partial charge is 0.266 e. The van der Waals surface area contributed by atoms with E-state index >= 15 is 0 Å². The van der Waals surface area contributed by atoms with E-state index < -0.39 is 14.9 Å². The second kappa shape index (κ2) is 2.48. The Kier molecular flexibility index (Phi) is 2.55. The predicted molar refractivity (Wildman–Crippen MR) is 39.5 cm³/mol. The van der Waals surface area contributed by atoms with Gasteiger partial charge in [-0.05, 0) is 13.8 Å². The molecule has 0 aliphatic carbocycles. The van der Waals surface area contributed by atoms with Gasteiger partial charge in [0.05, 0.1) is 5.75 Å². The topological polar surface area (TPSA) is 54.4 Å². The minimum absolute atomic E-state index is 0.316. The van der Waals surface area contributed by atoms with E-state index in [4.69, 9.17) is 4.55 Å². The summed E-state index contributed by atoms with van der Waals surface area (Å²) >= 11 is 3.91. The highest BCUT2D eigenvalue weighted by atomic mass is 32.2. The molecule has 0 rings (SSSR count). The second-order valence-corrected chi connectivity index (χ2v) is 5.20. The summed E-state index contributed by atoms with van der Waals surface area (Å²) in [6.07, 6.45) is 0. The zero-order valence-electron chi connectivity index (χ0n) is 5.33. The van der Waals surface area contributed by atoms with Gasteiger partial charge in [-0.3, -0.25) is 4.55 Å². The van der Waals surface area contributed by atoms with Crippen LogP contribution in [0.3, 0.4) is 0 Å². The first kappa shape index (κ1) is 9.26. The van der Waals surface area contributed by atoms with Gasteiger partial charge < -0.3 is 0 Å². The van der Waals surface area contributed by atoms with Crippen molar-refractivity contribution in [2.45, 2.75) is 18.6 Å². The predicted octanol–water partition coefficient (Wildman–Crippen LogP) is 0.583. The third kappa shape index (κ3) is 8.26. The zero-order valence-corrected chi connectivity index (χ0v) is 7.04. The maximum absolute atomic E-state index is 10.2. The third-order valence-electron chi connectivity index (χ3n) is 0.536. The highest BCUT2D eigenvalue weighted by molar-refractivity contribution is 7.88. The summed E-state index contributed by atoms with van der Waals surface area (Å²) < 4.78 is 27.9. The van der Waals surface area contributed by atoms with Gasteiger partial charge in [-0.2, -0.15) is 21.0 Å². The van der Waals surface area contributed by atoms with Crippen molar-refractivity contribution in [1.29, 1.82) is 0 Å². The van der Waals surface area contributed by atoms with E-state index in [1.807, 2.05) is 0 Å². The van der Waals surface area contributed by atoms with E-state index in [1.165, 1.54) is 0 Å². The van der Waals surface area contributed by atoms with Crippen molar-refractivity contribution in [1.82, 2.24) is 0 Å². The summed E-state index contributed by atoms with van der Waals surface area (Å²) in [5, 5.41) is 0. The van der Waals surface area contributed by atoms with Crippen molar-refractivity contribution < 1.29 is 13.0 Å². The van der Waals surface area contributed by atoms with E-state index in [9.17, 15) is 8.42 Å². The number of hydrogen-bond acceptors (Lipinski definition) is 3. The van der Waals surface area contributed by atoms with Crippen molar-refractivity contribution in [3.8, 4) is 0 Å². The minimum atomic E-state index is -3.86. The fraction of sp³-hybridized carbons (Fsp3) is 1.00. The van der Waals surface area contributed by atoms with Crippen LogP contribution >= 0.6 is 12.6 Å². The lowest BCUT2D eigenvalue weighted by atomic mass is 10.2. The molecule has 0 aromatic heterocycles. The monoisotopic (exact) mass is 170 g/mol. The first-order valence-corrected chi connectivity index (χ1v) is 4.44. The second-order valence-electron chi connectivity index (χ2n) is 2.54. The Hall–Kier alpha value is 0.260. The van der Waals surface area contributed by atoms with Crippen molar-refractivity contribution >= 4 is 22.7 Å². The van der Waals surface area contributed by atoms with Gasteiger partial charge in [0.25, 0.3) is 10.1 Å². The third-order valence-corrected chi connectivity index (χ3v) is 1.99. The van der Waals surface area contributed by atoms with Gasteiger partial charge in [-0.15, -0.1) is 0 Å². The van der Waals surface area contributed by atoms with Gasteiger partial charge in [-0.1, -0.05) is 0 Å². The molecule has 9 heavy (non-hydrogen) atoms. The molecule has 0 bridgehead atoms. The Morgan fingerprint density at radius 1 is 1.56 bits per heavy atom. The summed E-state index contributed by atoms with van der Waals surface area (Å²) in [5.41, 5.74) is 0. The Balaban J connectivity index is 4.07. The number of hydrogen-bond donors (Lipinski definition) is 2. The van der Waals surface area contributed by atoms with Gasteiger partial charge in [0.1, 0.15) is 0 Å². The van der Waals surface area contributed by atoms with Crippen molar-refractivity contribution in [2.24, 2.45) is 0 Å². The average Bonchev–Trinajstić information content (AvgIpc) is 1.14. The molecule has 0 saturated heterocycles. The van der Waals surface area contributed by atoms with Crippen LogP contribution < -0.4 is 0 Å². The molecule has 0 radical (unpaired) electrons. The SMILES string of the molecule is CC(C)(S)CS(=O)(=O)O. The van der Waals surface area contributed by atoms with E-state index in [2.05, 4.69) is 12.6 Å². The molecule has 1 N–H and O–H groups in total. The molecule has 0 aromatic carbocycles. The highest BCUT2D eigenvalue weighted by Gasteiger charge is 2.19. The first-order chi connectivity index (χ1) is 3.71. The quantitative estimate of drug-likeness (QED) is 0.471. The first-order valence-electron chi connectivity index (χ1n) is 2.38. The van der Waals surface area contributed by atoms with Crippen LogP contribution in [0.5, 0.6) is 0 Å². The van der Waals surface area contributed by atoms with Crippen LogP contribution in [0.2, 0.25) is 0 Å². The molecule has 0 heterocycles. The lowest BCUT2D eigenvalue weighted by molar-refractivity contribution is 0.477. The molecule has 0 amide bonds. The largest absolute Gasteiger partial charge is 0.286 e. The summed E-state index contributed by atoms with van der Waals surface area (Å²) in [6.45, 7) is 3.23. The standard InChI is InChI=1S/C4H10O3S2/c1-4(2,8)3-9(5,6)7/h8H,3H2,1-2H3,(H,5,6,7). The molecule has 0 unspecified atom stereocenters. The molecule has 0 aromatic rings. The van der Waals surface area contributed by atoms with E-state index in [0.717, 1.165) is 0 Å². The Labute approximate surface area is 60.6 Å². The minimum Gasteiger partial charge on any atom is -0.286 e. The van der Waals surface area contributed by atoms with Crippen LogP contribution in [0.1, 0.15) is 13.8 Å². The fourth-order valence-electron chi connectivity index (χ4n) is 0.446. The van der Waals surface area contributed by atoms with Crippen molar-refractivity contribution in [2.75, 3.05) is 5.75 Å². The molecule has 0 aliphatic heterocycles. The maximum Gasteiger partial charge on any atom is 0.266 e. The normalized spacial score (nSPS) is 13.8. The molecule has 0 spiro atoms. The van der Waals surface area contributed by atoms with Crippen LogP contribution in [0.15, 0.2) is 0 Å². The zero-order chi connectivity index (χ0) is 7.71. The lowest BCUT2D eigenvalue weighted by Gasteiger charge is -2.13.